The fourth-order valence-electron chi connectivity index (χ4n) is 2.84. The van der Waals surface area contributed by atoms with Crippen molar-refractivity contribution in [3.05, 3.63) is 82.2 Å². The topological polar surface area (TPSA) is 63.7 Å². The normalized spacial score (nSPS) is 13.0. The Hall–Kier alpha value is -3.25. The van der Waals surface area contributed by atoms with Crippen LogP contribution in [0.2, 0.25) is 0 Å². The number of hydrogen-bond donors (Lipinski definition) is 0. The Balaban J connectivity index is 1.59. The second-order valence-electron chi connectivity index (χ2n) is 5.82. The Labute approximate surface area is 153 Å². The molecule has 0 radical (unpaired) electrons. The lowest BCUT2D eigenvalue weighted by Gasteiger charge is -2.11. The summed E-state index contributed by atoms with van der Waals surface area (Å²) in [4.78, 5) is 43.5. The summed E-state index contributed by atoms with van der Waals surface area (Å²) >= 11 is 1.27. The summed E-state index contributed by atoms with van der Waals surface area (Å²) in [6, 6.07) is 17.8. The second kappa shape index (κ2) is 6.24. The van der Waals surface area contributed by atoms with Crippen molar-refractivity contribution >= 4 is 29.1 Å². The fraction of sp³-hybridized carbons (Fsp3) is 0.0500. The zero-order valence-corrected chi connectivity index (χ0v) is 14.6. The van der Waals surface area contributed by atoms with Crippen molar-refractivity contribution in [3.8, 4) is 10.4 Å². The first-order valence-corrected chi connectivity index (χ1v) is 8.74. The molecule has 2 amide bonds. The predicted molar refractivity (Wildman–Crippen MR) is 96.8 cm³/mol. The SMILES string of the molecule is Cc1cc(C(=O)ON2C(=O)c3ccccc3C2=O)sc1-c1ccccc1. The van der Waals surface area contributed by atoms with Gasteiger partial charge in [-0.25, -0.2) is 4.79 Å². The van der Waals surface area contributed by atoms with E-state index in [0.717, 1.165) is 16.0 Å². The van der Waals surface area contributed by atoms with Gasteiger partial charge in [0.2, 0.25) is 0 Å². The van der Waals surface area contributed by atoms with Crippen LogP contribution in [-0.4, -0.2) is 22.8 Å². The summed E-state index contributed by atoms with van der Waals surface area (Å²) in [6.45, 7) is 1.90. The standard InChI is InChI=1S/C20H13NO4S/c1-12-11-16(26-17(12)13-7-3-2-4-8-13)20(24)25-21-18(22)14-9-5-6-10-15(14)19(21)23/h2-11H,1H3. The number of rotatable bonds is 3. The predicted octanol–water partition coefficient (Wildman–Crippen LogP) is 4.09. The molecule has 0 unspecified atom stereocenters. The van der Waals surface area contributed by atoms with Gasteiger partial charge < -0.3 is 4.84 Å². The molecule has 1 aromatic heterocycles. The maximum absolute atomic E-state index is 12.5. The van der Waals surface area contributed by atoms with Gasteiger partial charge in [-0.1, -0.05) is 47.5 Å². The van der Waals surface area contributed by atoms with E-state index < -0.39 is 17.8 Å². The first-order chi connectivity index (χ1) is 12.6. The van der Waals surface area contributed by atoms with Gasteiger partial charge in [0.25, 0.3) is 11.8 Å². The smallest absolute Gasteiger partial charge is 0.323 e. The third kappa shape index (κ3) is 2.60. The molecule has 128 valence electrons. The van der Waals surface area contributed by atoms with Gasteiger partial charge in [-0.15, -0.1) is 11.3 Å². The number of nitrogens with zero attached hydrogens (tertiary/aromatic N) is 1. The molecule has 0 saturated carbocycles. The first kappa shape index (κ1) is 16.2. The number of hydroxylamine groups is 2. The number of carbonyl (C=O) groups is 3. The molecule has 0 saturated heterocycles. The lowest BCUT2D eigenvalue weighted by molar-refractivity contribution is -0.0581. The van der Waals surface area contributed by atoms with Crippen LogP contribution >= 0.6 is 11.3 Å². The van der Waals surface area contributed by atoms with Crippen LogP contribution in [0.3, 0.4) is 0 Å². The van der Waals surface area contributed by atoms with Crippen LogP contribution in [0.25, 0.3) is 10.4 Å². The number of aryl methyl sites for hydroxylation is 1. The molecule has 6 heteroatoms. The van der Waals surface area contributed by atoms with Crippen LogP contribution < -0.4 is 0 Å². The molecule has 5 nitrogen and oxygen atoms in total. The van der Waals surface area contributed by atoms with Gasteiger partial charge in [0.15, 0.2) is 0 Å². The van der Waals surface area contributed by atoms with Crippen molar-refractivity contribution in [1.82, 2.24) is 5.06 Å². The summed E-state index contributed by atoms with van der Waals surface area (Å²) < 4.78 is 0. The molecular formula is C20H13NO4S. The summed E-state index contributed by atoms with van der Waals surface area (Å²) in [6.07, 6.45) is 0. The fourth-order valence-corrected chi connectivity index (χ4v) is 3.89. The van der Waals surface area contributed by atoms with Gasteiger partial charge in [-0.2, -0.15) is 0 Å². The van der Waals surface area contributed by atoms with Gasteiger partial charge >= 0.3 is 5.97 Å². The average molecular weight is 363 g/mol. The van der Waals surface area contributed by atoms with E-state index in [1.54, 1.807) is 18.2 Å². The molecule has 4 rings (SSSR count). The molecule has 0 N–H and O–H groups in total. The van der Waals surface area contributed by atoms with Crippen molar-refractivity contribution in [3.63, 3.8) is 0 Å². The van der Waals surface area contributed by atoms with Crippen LogP contribution in [0.15, 0.2) is 60.7 Å². The van der Waals surface area contributed by atoms with Gasteiger partial charge in [0, 0.05) is 4.88 Å². The summed E-state index contributed by atoms with van der Waals surface area (Å²) in [5.41, 5.74) is 2.39. The quantitative estimate of drug-likeness (QED) is 0.658. The Morgan fingerprint density at radius 3 is 2.12 bits per heavy atom. The number of benzene rings is 2. The van der Waals surface area contributed by atoms with E-state index in [2.05, 4.69) is 0 Å². The van der Waals surface area contributed by atoms with Crippen LogP contribution in [-0.2, 0) is 4.84 Å². The molecular weight excluding hydrogens is 350 g/mol. The molecule has 3 aromatic rings. The third-order valence-electron chi connectivity index (χ3n) is 4.09. The van der Waals surface area contributed by atoms with Gasteiger partial charge in [-0.05, 0) is 36.2 Å². The van der Waals surface area contributed by atoms with E-state index >= 15 is 0 Å². The Morgan fingerprint density at radius 1 is 0.923 bits per heavy atom. The van der Waals surface area contributed by atoms with E-state index in [0.29, 0.717) is 9.94 Å². The molecule has 2 heterocycles. The van der Waals surface area contributed by atoms with E-state index in [4.69, 9.17) is 4.84 Å². The third-order valence-corrected chi connectivity index (χ3v) is 5.35. The molecule has 0 atom stereocenters. The highest BCUT2D eigenvalue weighted by Crippen LogP contribution is 2.33. The Kier molecular flexibility index (Phi) is 3.89. The number of fused-ring (bicyclic) bond motifs is 1. The largest absolute Gasteiger partial charge is 0.373 e. The van der Waals surface area contributed by atoms with Gasteiger partial charge in [0.1, 0.15) is 4.88 Å². The van der Waals surface area contributed by atoms with Crippen molar-refractivity contribution in [2.45, 2.75) is 6.92 Å². The summed E-state index contributed by atoms with van der Waals surface area (Å²) in [5, 5.41) is 0.532. The molecule has 0 fully saturated rings. The summed E-state index contributed by atoms with van der Waals surface area (Å²) in [7, 11) is 0. The highest BCUT2D eigenvalue weighted by Gasteiger charge is 2.39. The zero-order valence-electron chi connectivity index (χ0n) is 13.8. The lowest BCUT2D eigenvalue weighted by Crippen LogP contribution is -2.32. The Morgan fingerprint density at radius 2 is 1.50 bits per heavy atom. The zero-order chi connectivity index (χ0) is 18.3. The minimum atomic E-state index is -0.727. The number of imide groups is 1. The van der Waals surface area contributed by atoms with Crippen LogP contribution in [0, 0.1) is 6.92 Å². The van der Waals surface area contributed by atoms with Crippen molar-refractivity contribution in [2.75, 3.05) is 0 Å². The molecule has 0 bridgehead atoms. The van der Waals surface area contributed by atoms with Gasteiger partial charge in [-0.3, -0.25) is 9.59 Å². The molecule has 26 heavy (non-hydrogen) atoms. The van der Waals surface area contributed by atoms with Crippen LogP contribution in [0.1, 0.15) is 36.0 Å². The number of thiophene rings is 1. The van der Waals surface area contributed by atoms with E-state index in [1.807, 2.05) is 37.3 Å². The van der Waals surface area contributed by atoms with Crippen LogP contribution in [0.4, 0.5) is 0 Å². The number of amides is 2. The summed E-state index contributed by atoms with van der Waals surface area (Å²) in [5.74, 6) is -1.99. The molecule has 0 aliphatic carbocycles. The number of carbonyl (C=O) groups excluding carboxylic acids is 3. The lowest BCUT2D eigenvalue weighted by atomic mass is 10.1. The number of hydrogen-bond acceptors (Lipinski definition) is 5. The minimum absolute atomic E-state index is 0.234. The molecule has 1 aliphatic rings. The van der Waals surface area contributed by atoms with Crippen molar-refractivity contribution in [2.24, 2.45) is 0 Å². The van der Waals surface area contributed by atoms with E-state index in [1.165, 1.54) is 23.5 Å². The minimum Gasteiger partial charge on any atom is -0.323 e. The molecule has 0 spiro atoms. The molecule has 1 aliphatic heterocycles. The maximum Gasteiger partial charge on any atom is 0.373 e. The highest BCUT2D eigenvalue weighted by molar-refractivity contribution is 7.17. The van der Waals surface area contributed by atoms with E-state index in [-0.39, 0.29) is 11.1 Å². The van der Waals surface area contributed by atoms with Crippen molar-refractivity contribution in [1.29, 1.82) is 0 Å². The van der Waals surface area contributed by atoms with E-state index in [9.17, 15) is 14.4 Å². The molecule has 2 aromatic carbocycles. The van der Waals surface area contributed by atoms with Crippen molar-refractivity contribution < 1.29 is 19.2 Å². The Bertz CT molecular complexity index is 1000. The highest BCUT2D eigenvalue weighted by atomic mass is 32.1. The first-order valence-electron chi connectivity index (χ1n) is 7.92. The maximum atomic E-state index is 12.5. The van der Waals surface area contributed by atoms with Gasteiger partial charge in [0.05, 0.1) is 11.1 Å². The average Bonchev–Trinajstić information content (AvgIpc) is 3.17. The van der Waals surface area contributed by atoms with Crippen LogP contribution in [0.5, 0.6) is 0 Å². The second-order valence-corrected chi connectivity index (χ2v) is 6.87. The monoisotopic (exact) mass is 363 g/mol.